The molecule has 0 saturated carbocycles. The summed E-state index contributed by atoms with van der Waals surface area (Å²) in [5.74, 6) is 0.136. The van der Waals surface area contributed by atoms with Gasteiger partial charge in [-0.25, -0.2) is 9.59 Å². The molecule has 0 saturated heterocycles. The number of cyclic esters (lactones) is 2. The standard InChI is InChI=1S/C20H12O5/c21-19-15-11-12-16(23-13-7-3-1-4-8-13)18(17(15)20(22)25-19)24-14-9-5-2-6-10-14/h1-12H. The Kier molecular flexibility index (Phi) is 3.67. The van der Waals surface area contributed by atoms with Crippen molar-refractivity contribution < 1.29 is 23.8 Å². The first-order chi connectivity index (χ1) is 12.2. The maximum Gasteiger partial charge on any atom is 0.350 e. The molecule has 1 aliphatic heterocycles. The molecule has 0 amide bonds. The summed E-state index contributed by atoms with van der Waals surface area (Å²) in [5.41, 5.74) is 0.235. The number of hydrogen-bond donors (Lipinski definition) is 0. The normalized spacial score (nSPS) is 12.5. The highest BCUT2D eigenvalue weighted by atomic mass is 16.6. The third kappa shape index (κ3) is 2.83. The molecule has 4 rings (SSSR count). The topological polar surface area (TPSA) is 61.8 Å². The monoisotopic (exact) mass is 332 g/mol. The fourth-order valence-electron chi connectivity index (χ4n) is 2.53. The highest BCUT2D eigenvalue weighted by Crippen LogP contribution is 2.42. The van der Waals surface area contributed by atoms with E-state index in [1.165, 1.54) is 6.07 Å². The molecule has 3 aromatic rings. The van der Waals surface area contributed by atoms with Crippen molar-refractivity contribution >= 4 is 11.9 Å². The first kappa shape index (κ1) is 15.0. The summed E-state index contributed by atoms with van der Waals surface area (Å²) in [4.78, 5) is 23.9. The average molecular weight is 332 g/mol. The number of carbonyl (C=O) groups excluding carboxylic acids is 2. The molecule has 122 valence electrons. The molecule has 25 heavy (non-hydrogen) atoms. The van der Waals surface area contributed by atoms with Crippen molar-refractivity contribution in [2.24, 2.45) is 0 Å². The lowest BCUT2D eigenvalue weighted by atomic mass is 10.1. The van der Waals surface area contributed by atoms with E-state index >= 15 is 0 Å². The summed E-state index contributed by atoms with van der Waals surface area (Å²) in [5, 5.41) is 0. The summed E-state index contributed by atoms with van der Waals surface area (Å²) < 4.78 is 16.4. The van der Waals surface area contributed by atoms with Crippen molar-refractivity contribution in [3.63, 3.8) is 0 Å². The zero-order valence-electron chi connectivity index (χ0n) is 13.0. The number of benzene rings is 3. The maximum absolute atomic E-state index is 12.1. The van der Waals surface area contributed by atoms with Crippen molar-refractivity contribution in [3.8, 4) is 23.0 Å². The number of carbonyl (C=O) groups is 2. The Labute approximate surface area is 143 Å². The Morgan fingerprint density at radius 1 is 0.640 bits per heavy atom. The second-order valence-electron chi connectivity index (χ2n) is 5.32. The Morgan fingerprint density at radius 2 is 1.24 bits per heavy atom. The molecule has 0 aromatic heterocycles. The number of para-hydroxylation sites is 2. The number of esters is 2. The summed E-state index contributed by atoms with van der Waals surface area (Å²) in [6.07, 6.45) is 0. The van der Waals surface area contributed by atoms with Crippen LogP contribution in [-0.4, -0.2) is 11.9 Å². The van der Waals surface area contributed by atoms with Crippen LogP contribution in [0.1, 0.15) is 20.7 Å². The van der Waals surface area contributed by atoms with Gasteiger partial charge in [0, 0.05) is 0 Å². The summed E-state index contributed by atoms with van der Waals surface area (Å²) in [7, 11) is 0. The van der Waals surface area contributed by atoms with Gasteiger partial charge in [-0.15, -0.1) is 0 Å². The van der Waals surface area contributed by atoms with Crippen molar-refractivity contribution in [1.29, 1.82) is 0 Å². The van der Waals surface area contributed by atoms with Crippen LogP contribution in [0.2, 0.25) is 0 Å². The maximum atomic E-state index is 12.1. The van der Waals surface area contributed by atoms with Crippen molar-refractivity contribution in [1.82, 2.24) is 0 Å². The molecule has 5 heteroatoms. The smallest absolute Gasteiger partial charge is 0.350 e. The minimum Gasteiger partial charge on any atom is -0.453 e. The van der Waals surface area contributed by atoms with Gasteiger partial charge in [-0.3, -0.25) is 0 Å². The fraction of sp³-hybridized carbons (Fsp3) is 0. The van der Waals surface area contributed by atoms with Gasteiger partial charge in [0.1, 0.15) is 17.1 Å². The first-order valence-corrected chi connectivity index (χ1v) is 7.62. The van der Waals surface area contributed by atoms with Crippen molar-refractivity contribution in [3.05, 3.63) is 83.9 Å². The number of ether oxygens (including phenoxy) is 3. The van der Waals surface area contributed by atoms with E-state index in [2.05, 4.69) is 0 Å². The van der Waals surface area contributed by atoms with Gasteiger partial charge in [0.2, 0.25) is 0 Å². The van der Waals surface area contributed by atoms with Crippen LogP contribution < -0.4 is 9.47 Å². The molecule has 1 heterocycles. The molecule has 0 N–H and O–H groups in total. The lowest BCUT2D eigenvalue weighted by Crippen LogP contribution is -2.00. The molecule has 0 radical (unpaired) electrons. The molecular formula is C20H12O5. The van der Waals surface area contributed by atoms with Crippen LogP contribution in [0.25, 0.3) is 0 Å². The fourth-order valence-corrected chi connectivity index (χ4v) is 2.53. The SMILES string of the molecule is O=C1OC(=O)c2c1ccc(Oc1ccccc1)c2Oc1ccccc1. The molecule has 1 aliphatic rings. The van der Waals surface area contributed by atoms with Gasteiger partial charge in [0.05, 0.1) is 5.56 Å². The minimum absolute atomic E-state index is 0.0716. The van der Waals surface area contributed by atoms with Crippen LogP contribution in [0.4, 0.5) is 0 Å². The van der Waals surface area contributed by atoms with E-state index in [0.717, 1.165) is 0 Å². The van der Waals surface area contributed by atoms with E-state index in [-0.39, 0.29) is 16.9 Å². The van der Waals surface area contributed by atoms with Crippen LogP contribution >= 0.6 is 0 Å². The number of rotatable bonds is 4. The van der Waals surface area contributed by atoms with Gasteiger partial charge in [0.25, 0.3) is 0 Å². The number of hydrogen-bond acceptors (Lipinski definition) is 5. The van der Waals surface area contributed by atoms with E-state index in [1.54, 1.807) is 42.5 Å². The van der Waals surface area contributed by atoms with Gasteiger partial charge in [-0.1, -0.05) is 36.4 Å². The zero-order valence-corrected chi connectivity index (χ0v) is 13.0. The Morgan fingerprint density at radius 3 is 1.88 bits per heavy atom. The Balaban J connectivity index is 1.82. The predicted octanol–water partition coefficient (Wildman–Crippen LogP) is 4.58. The molecule has 0 aliphatic carbocycles. The van der Waals surface area contributed by atoms with Crippen LogP contribution in [0.15, 0.2) is 72.8 Å². The van der Waals surface area contributed by atoms with E-state index in [9.17, 15) is 9.59 Å². The lowest BCUT2D eigenvalue weighted by molar-refractivity contribution is 0.0443. The second-order valence-corrected chi connectivity index (χ2v) is 5.32. The Hall–Kier alpha value is -3.60. The number of fused-ring (bicyclic) bond motifs is 1. The van der Waals surface area contributed by atoms with E-state index in [1.807, 2.05) is 24.3 Å². The summed E-state index contributed by atoms with van der Waals surface area (Å²) in [6, 6.07) is 21.1. The second kappa shape index (κ2) is 6.13. The van der Waals surface area contributed by atoms with E-state index in [0.29, 0.717) is 17.2 Å². The van der Waals surface area contributed by atoms with Crippen molar-refractivity contribution in [2.75, 3.05) is 0 Å². The third-order valence-corrected chi connectivity index (χ3v) is 3.67. The zero-order chi connectivity index (χ0) is 17.2. The van der Waals surface area contributed by atoms with E-state index in [4.69, 9.17) is 14.2 Å². The summed E-state index contributed by atoms with van der Waals surface area (Å²) in [6.45, 7) is 0. The molecule has 0 atom stereocenters. The van der Waals surface area contributed by atoms with Crippen molar-refractivity contribution in [2.45, 2.75) is 0 Å². The van der Waals surface area contributed by atoms with Gasteiger partial charge >= 0.3 is 11.9 Å². The molecule has 5 nitrogen and oxygen atoms in total. The molecule has 0 bridgehead atoms. The molecule has 0 spiro atoms. The van der Waals surface area contributed by atoms with E-state index < -0.39 is 11.9 Å². The third-order valence-electron chi connectivity index (χ3n) is 3.67. The lowest BCUT2D eigenvalue weighted by Gasteiger charge is -2.14. The average Bonchev–Trinajstić information content (AvgIpc) is 2.93. The van der Waals surface area contributed by atoms with Crippen LogP contribution in [0.3, 0.4) is 0 Å². The highest BCUT2D eigenvalue weighted by molar-refractivity contribution is 6.16. The van der Waals surface area contributed by atoms with Crippen LogP contribution in [0, 0.1) is 0 Å². The Bertz CT molecular complexity index is 949. The highest BCUT2D eigenvalue weighted by Gasteiger charge is 2.35. The molecule has 0 unspecified atom stereocenters. The predicted molar refractivity (Wildman–Crippen MR) is 89.2 cm³/mol. The molecule has 0 fully saturated rings. The quantitative estimate of drug-likeness (QED) is 0.517. The minimum atomic E-state index is -0.746. The molecule has 3 aromatic carbocycles. The van der Waals surface area contributed by atoms with Gasteiger partial charge in [0.15, 0.2) is 11.5 Å². The van der Waals surface area contributed by atoms with Gasteiger partial charge in [-0.05, 0) is 36.4 Å². The largest absolute Gasteiger partial charge is 0.453 e. The summed E-state index contributed by atoms with van der Waals surface area (Å²) >= 11 is 0. The molecular weight excluding hydrogens is 320 g/mol. The van der Waals surface area contributed by atoms with Gasteiger partial charge < -0.3 is 14.2 Å². The van der Waals surface area contributed by atoms with Gasteiger partial charge in [-0.2, -0.15) is 0 Å². The van der Waals surface area contributed by atoms with Crippen LogP contribution in [-0.2, 0) is 4.74 Å². The first-order valence-electron chi connectivity index (χ1n) is 7.62. The van der Waals surface area contributed by atoms with Crippen LogP contribution in [0.5, 0.6) is 23.0 Å².